The number of carboxylic acids is 1. The number of rotatable bonds is 4. The smallest absolute Gasteiger partial charge is 0.336 e. The highest BCUT2D eigenvalue weighted by Gasteiger charge is 2.18. The van der Waals surface area contributed by atoms with E-state index in [-0.39, 0.29) is 11.5 Å². The van der Waals surface area contributed by atoms with Crippen LogP contribution in [0.5, 0.6) is 0 Å². The van der Waals surface area contributed by atoms with Crippen LogP contribution in [-0.4, -0.2) is 17.0 Å². The molecule has 1 unspecified atom stereocenters. The van der Waals surface area contributed by atoms with E-state index >= 15 is 0 Å². The van der Waals surface area contributed by atoms with Gasteiger partial charge in [0.05, 0.1) is 5.56 Å². The van der Waals surface area contributed by atoms with E-state index in [2.05, 4.69) is 5.32 Å². The molecule has 0 saturated heterocycles. The molecule has 0 bridgehead atoms. The lowest BCUT2D eigenvalue weighted by Gasteiger charge is -2.13. The number of carbonyl (C=O) groups is 2. The molecule has 1 atom stereocenters. The largest absolute Gasteiger partial charge is 0.478 e. The van der Waals surface area contributed by atoms with Crippen molar-refractivity contribution in [1.29, 1.82) is 0 Å². The minimum Gasteiger partial charge on any atom is -0.478 e. The summed E-state index contributed by atoms with van der Waals surface area (Å²) in [7, 11) is 0. The van der Waals surface area contributed by atoms with E-state index in [9.17, 15) is 9.59 Å². The molecule has 0 radical (unpaired) electrons. The van der Waals surface area contributed by atoms with E-state index in [1.165, 1.54) is 17.4 Å². The van der Waals surface area contributed by atoms with Gasteiger partial charge < -0.3 is 16.2 Å². The quantitative estimate of drug-likeness (QED) is 0.806. The summed E-state index contributed by atoms with van der Waals surface area (Å²) in [6.45, 7) is 1.65. The molecular formula is C14H14N2O3S. The minimum absolute atomic E-state index is 0.160. The molecule has 2 aromatic rings. The van der Waals surface area contributed by atoms with Crippen molar-refractivity contribution in [2.24, 2.45) is 5.73 Å². The molecule has 5 nitrogen and oxygen atoms in total. The molecule has 1 aromatic carbocycles. The highest BCUT2D eigenvalue weighted by molar-refractivity contribution is 7.10. The summed E-state index contributed by atoms with van der Waals surface area (Å²) in [5.41, 5.74) is 6.99. The lowest BCUT2D eigenvalue weighted by molar-refractivity contribution is -0.117. The number of nitrogens with one attached hydrogen (secondary N) is 1. The van der Waals surface area contributed by atoms with Gasteiger partial charge in [-0.05, 0) is 36.1 Å². The highest BCUT2D eigenvalue weighted by Crippen LogP contribution is 2.22. The fourth-order valence-corrected chi connectivity index (χ4v) is 2.54. The van der Waals surface area contributed by atoms with E-state index in [0.717, 1.165) is 4.88 Å². The number of carboxylic acid groups (broad SMARTS) is 1. The second-order valence-corrected chi connectivity index (χ2v) is 5.24. The van der Waals surface area contributed by atoms with Gasteiger partial charge in [0.2, 0.25) is 5.91 Å². The number of thiophene rings is 1. The molecule has 6 heteroatoms. The Kier molecular flexibility index (Phi) is 4.16. The van der Waals surface area contributed by atoms with Crippen LogP contribution in [0.3, 0.4) is 0 Å². The monoisotopic (exact) mass is 290 g/mol. The summed E-state index contributed by atoms with van der Waals surface area (Å²) in [5, 5.41) is 13.6. The number of nitrogens with two attached hydrogens (primary N) is 1. The number of hydrogen-bond donors (Lipinski definition) is 3. The summed E-state index contributed by atoms with van der Waals surface area (Å²) in [6, 6.07) is 7.58. The molecule has 2 rings (SSSR count). The predicted molar refractivity (Wildman–Crippen MR) is 78.0 cm³/mol. The number of amides is 1. The van der Waals surface area contributed by atoms with Crippen LogP contribution in [-0.2, 0) is 4.79 Å². The predicted octanol–water partition coefficient (Wildman–Crippen LogP) is 2.39. The molecule has 104 valence electrons. The van der Waals surface area contributed by atoms with Crippen molar-refractivity contribution >= 4 is 28.9 Å². The van der Waals surface area contributed by atoms with Crippen LogP contribution in [0.4, 0.5) is 5.69 Å². The lowest BCUT2D eigenvalue weighted by atomic mass is 10.1. The van der Waals surface area contributed by atoms with Crippen LogP contribution < -0.4 is 11.1 Å². The van der Waals surface area contributed by atoms with Crippen LogP contribution in [0.15, 0.2) is 35.7 Å². The molecule has 1 aromatic heterocycles. The molecule has 20 heavy (non-hydrogen) atoms. The molecule has 1 amide bonds. The molecule has 0 aliphatic heterocycles. The maximum absolute atomic E-state index is 12.1. The number of hydrogen-bond acceptors (Lipinski definition) is 4. The Hall–Kier alpha value is -2.18. The first-order valence-corrected chi connectivity index (χ1v) is 6.81. The van der Waals surface area contributed by atoms with Gasteiger partial charge >= 0.3 is 5.97 Å². The Morgan fingerprint density at radius 1 is 1.30 bits per heavy atom. The fraction of sp³-hybridized carbons (Fsp3) is 0.143. The Balaban J connectivity index is 2.20. The van der Waals surface area contributed by atoms with Crippen LogP contribution >= 0.6 is 11.3 Å². The van der Waals surface area contributed by atoms with Crippen molar-refractivity contribution in [3.05, 3.63) is 51.7 Å². The third-order valence-electron chi connectivity index (χ3n) is 2.95. The first-order valence-electron chi connectivity index (χ1n) is 5.93. The zero-order valence-corrected chi connectivity index (χ0v) is 11.6. The van der Waals surface area contributed by atoms with Crippen molar-refractivity contribution in [2.45, 2.75) is 13.0 Å². The first-order chi connectivity index (χ1) is 9.50. The van der Waals surface area contributed by atoms with Gasteiger partial charge in [0.1, 0.15) is 6.04 Å². The molecule has 4 N–H and O–H groups in total. The van der Waals surface area contributed by atoms with Crippen LogP contribution in [0.25, 0.3) is 0 Å². The number of carbonyl (C=O) groups excluding carboxylic acids is 1. The van der Waals surface area contributed by atoms with Crippen molar-refractivity contribution in [3.8, 4) is 0 Å². The van der Waals surface area contributed by atoms with Gasteiger partial charge in [-0.25, -0.2) is 4.79 Å². The van der Waals surface area contributed by atoms with Gasteiger partial charge in [-0.1, -0.05) is 12.1 Å². The van der Waals surface area contributed by atoms with Crippen molar-refractivity contribution in [3.63, 3.8) is 0 Å². The Labute approximate surface area is 120 Å². The van der Waals surface area contributed by atoms with Crippen LogP contribution in [0.1, 0.15) is 26.8 Å². The number of aromatic carboxylic acids is 1. The zero-order chi connectivity index (χ0) is 14.7. The Morgan fingerprint density at radius 3 is 2.65 bits per heavy atom. The fourth-order valence-electron chi connectivity index (χ4n) is 1.81. The molecule has 0 aliphatic carbocycles. The van der Waals surface area contributed by atoms with E-state index in [1.807, 2.05) is 11.4 Å². The van der Waals surface area contributed by atoms with E-state index in [1.54, 1.807) is 25.1 Å². The van der Waals surface area contributed by atoms with Gasteiger partial charge in [-0.3, -0.25) is 4.79 Å². The average Bonchev–Trinajstić information content (AvgIpc) is 2.93. The van der Waals surface area contributed by atoms with Gasteiger partial charge in [-0.2, -0.15) is 0 Å². The topological polar surface area (TPSA) is 92.4 Å². The van der Waals surface area contributed by atoms with Crippen molar-refractivity contribution < 1.29 is 14.7 Å². The number of benzene rings is 1. The van der Waals surface area contributed by atoms with Gasteiger partial charge in [-0.15, -0.1) is 11.3 Å². The van der Waals surface area contributed by atoms with Crippen molar-refractivity contribution in [2.75, 3.05) is 5.32 Å². The van der Waals surface area contributed by atoms with Gasteiger partial charge in [0, 0.05) is 10.6 Å². The maximum Gasteiger partial charge on any atom is 0.336 e. The minimum atomic E-state index is -1.03. The molecule has 0 aliphatic rings. The zero-order valence-electron chi connectivity index (χ0n) is 10.8. The molecule has 1 heterocycles. The average molecular weight is 290 g/mol. The third kappa shape index (κ3) is 2.87. The second kappa shape index (κ2) is 5.85. The van der Waals surface area contributed by atoms with E-state index in [0.29, 0.717) is 11.3 Å². The highest BCUT2D eigenvalue weighted by atomic mass is 32.1. The molecular weight excluding hydrogens is 276 g/mol. The van der Waals surface area contributed by atoms with Crippen LogP contribution in [0, 0.1) is 6.92 Å². The summed E-state index contributed by atoms with van der Waals surface area (Å²) in [4.78, 5) is 23.9. The first kappa shape index (κ1) is 14.2. The second-order valence-electron chi connectivity index (χ2n) is 4.27. The summed E-state index contributed by atoms with van der Waals surface area (Å²) < 4.78 is 0. The normalized spacial score (nSPS) is 11.9. The van der Waals surface area contributed by atoms with Crippen LogP contribution in [0.2, 0.25) is 0 Å². The third-order valence-corrected chi connectivity index (χ3v) is 3.91. The van der Waals surface area contributed by atoms with Gasteiger partial charge in [0.25, 0.3) is 0 Å². The molecule has 0 spiro atoms. The van der Waals surface area contributed by atoms with E-state index < -0.39 is 12.0 Å². The van der Waals surface area contributed by atoms with E-state index in [4.69, 9.17) is 10.8 Å². The standard InChI is InChI=1S/C14H14N2O3S/c1-8-9(14(18)19)4-2-5-10(8)16-13(17)12(15)11-6-3-7-20-11/h2-7,12H,15H2,1H3,(H,16,17)(H,18,19). The van der Waals surface area contributed by atoms with Crippen molar-refractivity contribution in [1.82, 2.24) is 0 Å². The molecule has 0 saturated carbocycles. The lowest BCUT2D eigenvalue weighted by Crippen LogP contribution is -2.27. The Morgan fingerprint density at radius 2 is 2.05 bits per heavy atom. The van der Waals surface area contributed by atoms with Gasteiger partial charge in [0.15, 0.2) is 0 Å². The molecule has 0 fully saturated rings. The SMILES string of the molecule is Cc1c(NC(=O)C(N)c2cccs2)cccc1C(=O)O. The summed E-state index contributed by atoms with van der Waals surface area (Å²) in [5.74, 6) is -1.39. The summed E-state index contributed by atoms with van der Waals surface area (Å²) in [6.07, 6.45) is 0. The summed E-state index contributed by atoms with van der Waals surface area (Å²) >= 11 is 1.40. The number of anilines is 1. The maximum atomic E-state index is 12.1. The Bertz CT molecular complexity index is 638.